The molecule has 4 heteroatoms. The van der Waals surface area contributed by atoms with E-state index in [1.54, 1.807) is 0 Å². The third kappa shape index (κ3) is 2.99. The lowest BCUT2D eigenvalue weighted by atomic mass is 9.87. The summed E-state index contributed by atoms with van der Waals surface area (Å²) in [5.41, 5.74) is 1.06. The minimum absolute atomic E-state index is 0.0721. The zero-order valence-corrected chi connectivity index (χ0v) is 11.8. The Kier molecular flexibility index (Phi) is 4.05. The van der Waals surface area contributed by atoms with Crippen molar-refractivity contribution >= 4 is 21.7 Å². The van der Waals surface area contributed by atoms with Crippen LogP contribution in [0.3, 0.4) is 0 Å². The Bertz CT molecular complexity index is 389. The third-order valence-corrected chi connectivity index (χ3v) is 4.50. The maximum atomic E-state index is 9.53. The minimum Gasteiger partial charge on any atom is -0.396 e. The summed E-state index contributed by atoms with van der Waals surface area (Å²) in [6.45, 7) is 3.07. The fraction of sp³-hybridized carbons (Fsp3) is 0.615. The topological polar surface area (TPSA) is 45.2 Å². The van der Waals surface area contributed by atoms with Gasteiger partial charge in [0, 0.05) is 16.4 Å². The maximum Gasteiger partial charge on any atom is 0.126 e. The Morgan fingerprint density at radius 3 is 2.71 bits per heavy atom. The lowest BCUT2D eigenvalue weighted by molar-refractivity contribution is 0.142. The molecule has 0 atom stereocenters. The average Bonchev–Trinajstić information content (AvgIpc) is 2.80. The molecule has 1 fully saturated rings. The molecule has 1 aliphatic carbocycles. The summed E-state index contributed by atoms with van der Waals surface area (Å²) >= 11 is 3.44. The van der Waals surface area contributed by atoms with E-state index < -0.39 is 0 Å². The van der Waals surface area contributed by atoms with E-state index >= 15 is 0 Å². The highest BCUT2D eigenvalue weighted by Crippen LogP contribution is 2.37. The van der Waals surface area contributed by atoms with E-state index in [1.165, 1.54) is 12.8 Å². The van der Waals surface area contributed by atoms with Crippen LogP contribution in [0.5, 0.6) is 0 Å². The monoisotopic (exact) mass is 298 g/mol. The van der Waals surface area contributed by atoms with Crippen LogP contribution in [0.1, 0.15) is 31.4 Å². The average molecular weight is 299 g/mol. The predicted octanol–water partition coefficient (Wildman–Crippen LogP) is 3.12. The zero-order valence-electron chi connectivity index (χ0n) is 10.2. The Morgan fingerprint density at radius 1 is 1.41 bits per heavy atom. The molecule has 1 aliphatic rings. The van der Waals surface area contributed by atoms with Crippen LogP contribution in [0.15, 0.2) is 16.6 Å². The van der Waals surface area contributed by atoms with Gasteiger partial charge in [-0.25, -0.2) is 4.98 Å². The van der Waals surface area contributed by atoms with Crippen LogP contribution in [0.4, 0.5) is 5.82 Å². The Hall–Kier alpha value is -0.610. The van der Waals surface area contributed by atoms with Crippen LogP contribution in [-0.4, -0.2) is 23.2 Å². The van der Waals surface area contributed by atoms with Crippen molar-refractivity contribution in [3.8, 4) is 0 Å². The van der Waals surface area contributed by atoms with Gasteiger partial charge in [-0.3, -0.25) is 0 Å². The van der Waals surface area contributed by atoms with Crippen molar-refractivity contribution in [1.29, 1.82) is 0 Å². The standard InChI is InChI=1S/C13H19BrN2O/c1-10-11(14)4-5-12(16-10)15-8-13(9-17)6-2-3-7-13/h4-5,17H,2-3,6-9H2,1H3,(H,15,16). The number of aliphatic hydroxyl groups is 1. The number of hydrogen-bond donors (Lipinski definition) is 2. The molecule has 1 saturated carbocycles. The minimum atomic E-state index is 0.0721. The van der Waals surface area contributed by atoms with Crippen molar-refractivity contribution in [3.05, 3.63) is 22.3 Å². The molecular weight excluding hydrogens is 280 g/mol. The van der Waals surface area contributed by atoms with Gasteiger partial charge in [0.15, 0.2) is 0 Å². The molecule has 17 heavy (non-hydrogen) atoms. The first-order valence-electron chi connectivity index (χ1n) is 6.13. The maximum absolute atomic E-state index is 9.53. The molecule has 1 aromatic heterocycles. The van der Waals surface area contributed by atoms with Gasteiger partial charge in [0.2, 0.25) is 0 Å². The van der Waals surface area contributed by atoms with Gasteiger partial charge in [0.25, 0.3) is 0 Å². The van der Waals surface area contributed by atoms with Crippen molar-refractivity contribution in [2.45, 2.75) is 32.6 Å². The molecule has 2 N–H and O–H groups in total. The number of aliphatic hydroxyl groups excluding tert-OH is 1. The SMILES string of the molecule is Cc1nc(NCC2(CO)CCCC2)ccc1Br. The summed E-state index contributed by atoms with van der Waals surface area (Å²) in [4.78, 5) is 4.46. The highest BCUT2D eigenvalue weighted by molar-refractivity contribution is 9.10. The molecule has 0 saturated heterocycles. The van der Waals surface area contributed by atoms with E-state index in [0.717, 1.165) is 35.4 Å². The summed E-state index contributed by atoms with van der Waals surface area (Å²) in [7, 11) is 0. The molecular formula is C13H19BrN2O. The summed E-state index contributed by atoms with van der Waals surface area (Å²) in [6.07, 6.45) is 4.70. The van der Waals surface area contributed by atoms with Gasteiger partial charge in [-0.15, -0.1) is 0 Å². The van der Waals surface area contributed by atoms with Crippen LogP contribution in [0.25, 0.3) is 0 Å². The largest absolute Gasteiger partial charge is 0.396 e. The number of anilines is 1. The highest BCUT2D eigenvalue weighted by Gasteiger charge is 2.32. The fourth-order valence-corrected chi connectivity index (χ4v) is 2.66. The number of aryl methyl sites for hydroxylation is 1. The van der Waals surface area contributed by atoms with Gasteiger partial charge in [0.1, 0.15) is 5.82 Å². The third-order valence-electron chi connectivity index (χ3n) is 3.67. The normalized spacial score (nSPS) is 18.3. The van der Waals surface area contributed by atoms with Gasteiger partial charge < -0.3 is 10.4 Å². The number of pyridine rings is 1. The first kappa shape index (κ1) is 12.8. The predicted molar refractivity (Wildman–Crippen MR) is 73.2 cm³/mol. The lowest BCUT2D eigenvalue weighted by Gasteiger charge is -2.26. The van der Waals surface area contributed by atoms with E-state index in [-0.39, 0.29) is 12.0 Å². The second-order valence-corrected chi connectivity index (χ2v) is 5.84. The fourth-order valence-electron chi connectivity index (χ4n) is 2.44. The van der Waals surface area contributed by atoms with Crippen LogP contribution in [0, 0.1) is 12.3 Å². The van der Waals surface area contributed by atoms with E-state index in [1.807, 2.05) is 19.1 Å². The summed E-state index contributed by atoms with van der Waals surface area (Å²) < 4.78 is 1.03. The first-order chi connectivity index (χ1) is 8.15. The van der Waals surface area contributed by atoms with Crippen LogP contribution < -0.4 is 5.32 Å². The highest BCUT2D eigenvalue weighted by atomic mass is 79.9. The second-order valence-electron chi connectivity index (χ2n) is 4.98. The first-order valence-corrected chi connectivity index (χ1v) is 6.92. The summed E-state index contributed by atoms with van der Waals surface area (Å²) in [5.74, 6) is 0.894. The summed E-state index contributed by atoms with van der Waals surface area (Å²) in [5, 5.41) is 12.9. The number of nitrogens with one attached hydrogen (secondary N) is 1. The Morgan fingerprint density at radius 2 is 2.12 bits per heavy atom. The van der Waals surface area contributed by atoms with Gasteiger partial charge in [0.05, 0.1) is 12.3 Å². The molecule has 2 rings (SSSR count). The number of hydrogen-bond acceptors (Lipinski definition) is 3. The molecule has 94 valence electrons. The Balaban J connectivity index is 1.99. The molecule has 1 heterocycles. The molecule has 0 unspecified atom stereocenters. The van der Waals surface area contributed by atoms with E-state index in [2.05, 4.69) is 26.2 Å². The van der Waals surface area contributed by atoms with Gasteiger partial charge >= 0.3 is 0 Å². The van der Waals surface area contributed by atoms with Crippen molar-refractivity contribution in [1.82, 2.24) is 4.98 Å². The molecule has 1 aromatic rings. The molecule has 3 nitrogen and oxygen atoms in total. The number of nitrogens with zero attached hydrogens (tertiary/aromatic N) is 1. The molecule has 0 spiro atoms. The molecule has 0 bridgehead atoms. The van der Waals surface area contributed by atoms with Crippen LogP contribution in [-0.2, 0) is 0 Å². The van der Waals surface area contributed by atoms with E-state index in [0.29, 0.717) is 0 Å². The van der Waals surface area contributed by atoms with Crippen molar-refractivity contribution in [2.75, 3.05) is 18.5 Å². The molecule has 0 radical (unpaired) electrons. The second kappa shape index (κ2) is 5.36. The van der Waals surface area contributed by atoms with Crippen molar-refractivity contribution in [3.63, 3.8) is 0 Å². The van der Waals surface area contributed by atoms with Crippen LogP contribution >= 0.6 is 15.9 Å². The quantitative estimate of drug-likeness (QED) is 0.898. The van der Waals surface area contributed by atoms with Crippen molar-refractivity contribution < 1.29 is 5.11 Å². The van der Waals surface area contributed by atoms with E-state index in [4.69, 9.17) is 0 Å². The van der Waals surface area contributed by atoms with Crippen LogP contribution in [0.2, 0.25) is 0 Å². The lowest BCUT2D eigenvalue weighted by Crippen LogP contribution is -2.30. The smallest absolute Gasteiger partial charge is 0.126 e. The summed E-state index contributed by atoms with van der Waals surface area (Å²) in [6, 6.07) is 3.97. The van der Waals surface area contributed by atoms with Gasteiger partial charge in [-0.05, 0) is 47.8 Å². The Labute approximate surface area is 111 Å². The number of halogens is 1. The van der Waals surface area contributed by atoms with Gasteiger partial charge in [-0.2, -0.15) is 0 Å². The van der Waals surface area contributed by atoms with Crippen molar-refractivity contribution in [2.24, 2.45) is 5.41 Å². The number of rotatable bonds is 4. The molecule has 0 amide bonds. The number of aromatic nitrogens is 1. The van der Waals surface area contributed by atoms with E-state index in [9.17, 15) is 5.11 Å². The zero-order chi connectivity index (χ0) is 12.3. The molecule has 0 aromatic carbocycles. The van der Waals surface area contributed by atoms with Gasteiger partial charge in [-0.1, -0.05) is 12.8 Å². The molecule has 0 aliphatic heterocycles.